The van der Waals surface area contributed by atoms with Crippen molar-refractivity contribution < 1.29 is 27.1 Å². The van der Waals surface area contributed by atoms with Gasteiger partial charge in [0.05, 0.1) is 7.11 Å². The SMILES string of the molecule is COc1ccccc1S(=O)(=O)NCCN1Cc2cc(F)ccc2OCC1=O. The van der Waals surface area contributed by atoms with Crippen molar-refractivity contribution in [1.29, 1.82) is 0 Å². The normalized spacial score (nSPS) is 14.3. The molecule has 0 radical (unpaired) electrons. The number of benzene rings is 2. The van der Waals surface area contributed by atoms with Crippen molar-refractivity contribution in [2.75, 3.05) is 26.8 Å². The highest BCUT2D eigenvalue weighted by molar-refractivity contribution is 7.89. The van der Waals surface area contributed by atoms with Gasteiger partial charge in [0.15, 0.2) is 6.61 Å². The Hall–Kier alpha value is -2.65. The lowest BCUT2D eigenvalue weighted by Gasteiger charge is -2.20. The molecular formula is C18H19FN2O5S. The zero-order valence-electron chi connectivity index (χ0n) is 14.6. The summed E-state index contributed by atoms with van der Waals surface area (Å²) in [5.41, 5.74) is 0.536. The number of hydrogen-bond donors (Lipinski definition) is 1. The number of hydrogen-bond acceptors (Lipinski definition) is 5. The number of carbonyl (C=O) groups excluding carboxylic acids is 1. The molecule has 144 valence electrons. The van der Waals surface area contributed by atoms with E-state index >= 15 is 0 Å². The fourth-order valence-corrected chi connectivity index (χ4v) is 3.96. The molecule has 7 nitrogen and oxygen atoms in total. The summed E-state index contributed by atoms with van der Waals surface area (Å²) < 4.78 is 51.3. The van der Waals surface area contributed by atoms with Crippen molar-refractivity contribution in [3.8, 4) is 11.5 Å². The van der Waals surface area contributed by atoms with E-state index in [0.717, 1.165) is 0 Å². The number of nitrogens with one attached hydrogen (secondary N) is 1. The molecule has 0 saturated heterocycles. The number of methoxy groups -OCH3 is 1. The number of ether oxygens (including phenoxy) is 2. The topological polar surface area (TPSA) is 84.9 Å². The summed E-state index contributed by atoms with van der Waals surface area (Å²) in [6.07, 6.45) is 0. The number of halogens is 1. The molecule has 2 aromatic rings. The fraction of sp³-hybridized carbons (Fsp3) is 0.278. The Morgan fingerprint density at radius 1 is 1.26 bits per heavy atom. The van der Waals surface area contributed by atoms with Gasteiger partial charge in [0, 0.05) is 25.2 Å². The fourth-order valence-electron chi connectivity index (χ4n) is 2.77. The molecule has 1 amide bonds. The van der Waals surface area contributed by atoms with Crippen LogP contribution in [0.25, 0.3) is 0 Å². The first-order valence-electron chi connectivity index (χ1n) is 8.22. The van der Waals surface area contributed by atoms with Crippen molar-refractivity contribution in [1.82, 2.24) is 9.62 Å². The molecule has 0 fully saturated rings. The number of para-hydroxylation sites is 1. The molecule has 1 heterocycles. The van der Waals surface area contributed by atoms with Crippen LogP contribution < -0.4 is 14.2 Å². The number of carbonyl (C=O) groups is 1. The van der Waals surface area contributed by atoms with Gasteiger partial charge in [0.1, 0.15) is 22.2 Å². The molecule has 0 unspecified atom stereocenters. The minimum atomic E-state index is -3.80. The Bertz CT molecular complexity index is 949. The van der Waals surface area contributed by atoms with Crippen LogP contribution in [0.1, 0.15) is 5.56 Å². The highest BCUT2D eigenvalue weighted by Gasteiger charge is 2.23. The number of amides is 1. The summed E-state index contributed by atoms with van der Waals surface area (Å²) in [7, 11) is -2.41. The number of rotatable bonds is 6. The standard InChI is InChI=1S/C18H19FN2O5S/c1-25-16-4-2-3-5-17(16)27(23,24)20-8-9-21-11-13-10-14(19)6-7-15(13)26-12-18(21)22/h2-7,10,20H,8-9,11-12H2,1H3. The summed E-state index contributed by atoms with van der Waals surface area (Å²) in [5.74, 6) is -0.0536. The van der Waals surface area contributed by atoms with Crippen LogP contribution in [-0.4, -0.2) is 46.0 Å². The summed E-state index contributed by atoms with van der Waals surface area (Å²) in [4.78, 5) is 13.6. The first-order valence-corrected chi connectivity index (χ1v) is 9.71. The smallest absolute Gasteiger partial charge is 0.260 e. The second kappa shape index (κ2) is 7.93. The van der Waals surface area contributed by atoms with Crippen LogP contribution in [0.2, 0.25) is 0 Å². The van der Waals surface area contributed by atoms with Crippen LogP contribution in [-0.2, 0) is 21.4 Å². The van der Waals surface area contributed by atoms with Crippen molar-refractivity contribution in [3.63, 3.8) is 0 Å². The zero-order valence-corrected chi connectivity index (χ0v) is 15.5. The van der Waals surface area contributed by atoms with Gasteiger partial charge in [-0.05, 0) is 30.3 Å². The van der Waals surface area contributed by atoms with E-state index in [2.05, 4.69) is 4.72 Å². The molecule has 0 aromatic heterocycles. The molecule has 0 bridgehead atoms. The molecular weight excluding hydrogens is 375 g/mol. The van der Waals surface area contributed by atoms with Gasteiger partial charge >= 0.3 is 0 Å². The summed E-state index contributed by atoms with van der Waals surface area (Å²) >= 11 is 0. The van der Waals surface area contributed by atoms with Gasteiger partial charge in [-0.15, -0.1) is 0 Å². The Labute approximate surface area is 156 Å². The molecule has 0 aliphatic carbocycles. The molecule has 1 aliphatic rings. The quantitative estimate of drug-likeness (QED) is 0.803. The number of fused-ring (bicyclic) bond motifs is 1. The van der Waals surface area contributed by atoms with E-state index in [9.17, 15) is 17.6 Å². The second-order valence-corrected chi connectivity index (χ2v) is 7.64. The largest absolute Gasteiger partial charge is 0.495 e. The molecule has 9 heteroatoms. The van der Waals surface area contributed by atoms with Crippen LogP contribution in [0.15, 0.2) is 47.4 Å². The van der Waals surface area contributed by atoms with Crippen molar-refractivity contribution >= 4 is 15.9 Å². The van der Waals surface area contributed by atoms with Crippen molar-refractivity contribution in [2.24, 2.45) is 0 Å². The van der Waals surface area contributed by atoms with Crippen molar-refractivity contribution in [3.05, 3.63) is 53.8 Å². The maximum Gasteiger partial charge on any atom is 0.260 e. The Kier molecular flexibility index (Phi) is 5.62. The predicted molar refractivity (Wildman–Crippen MR) is 95.5 cm³/mol. The molecule has 1 N–H and O–H groups in total. The van der Waals surface area contributed by atoms with Gasteiger partial charge in [-0.25, -0.2) is 17.5 Å². The van der Waals surface area contributed by atoms with Crippen LogP contribution in [0.4, 0.5) is 4.39 Å². The molecule has 3 rings (SSSR count). The predicted octanol–water partition coefficient (Wildman–Crippen LogP) is 1.53. The third kappa shape index (κ3) is 4.37. The maximum absolute atomic E-state index is 13.5. The van der Waals surface area contributed by atoms with Crippen LogP contribution in [0, 0.1) is 5.82 Å². The van der Waals surface area contributed by atoms with E-state index in [1.54, 1.807) is 18.2 Å². The average molecular weight is 394 g/mol. The van der Waals surface area contributed by atoms with Gasteiger partial charge in [-0.2, -0.15) is 0 Å². The van der Waals surface area contributed by atoms with Crippen LogP contribution in [0.3, 0.4) is 0 Å². The molecule has 1 aliphatic heterocycles. The number of sulfonamides is 1. The lowest BCUT2D eigenvalue weighted by atomic mass is 10.2. The molecule has 27 heavy (non-hydrogen) atoms. The molecule has 0 spiro atoms. The maximum atomic E-state index is 13.5. The minimum Gasteiger partial charge on any atom is -0.495 e. The molecule has 0 saturated carbocycles. The summed E-state index contributed by atoms with van der Waals surface area (Å²) in [5, 5.41) is 0. The Morgan fingerprint density at radius 2 is 2.04 bits per heavy atom. The third-order valence-corrected chi connectivity index (χ3v) is 5.62. The van der Waals surface area contributed by atoms with Crippen LogP contribution in [0.5, 0.6) is 11.5 Å². The van der Waals surface area contributed by atoms with E-state index < -0.39 is 15.8 Å². The molecule has 2 aromatic carbocycles. The lowest BCUT2D eigenvalue weighted by Crippen LogP contribution is -2.39. The first kappa shape index (κ1) is 19.1. The van der Waals surface area contributed by atoms with Gasteiger partial charge in [0.2, 0.25) is 10.0 Å². The van der Waals surface area contributed by atoms with Crippen LogP contribution >= 0.6 is 0 Å². The highest BCUT2D eigenvalue weighted by Crippen LogP contribution is 2.25. The summed E-state index contributed by atoms with van der Waals surface area (Å²) in [6.45, 7) is 0.0729. The minimum absolute atomic E-state index is 0.00320. The average Bonchev–Trinajstić information content (AvgIpc) is 2.80. The van der Waals surface area contributed by atoms with Crippen molar-refractivity contribution in [2.45, 2.75) is 11.4 Å². The Morgan fingerprint density at radius 3 is 2.81 bits per heavy atom. The van der Waals surface area contributed by atoms with E-state index in [4.69, 9.17) is 9.47 Å². The van der Waals surface area contributed by atoms with Gasteiger partial charge < -0.3 is 14.4 Å². The van der Waals surface area contributed by atoms with E-state index in [1.165, 1.54) is 36.3 Å². The van der Waals surface area contributed by atoms with E-state index in [1.807, 2.05) is 0 Å². The van der Waals surface area contributed by atoms with E-state index in [-0.39, 0.29) is 42.8 Å². The lowest BCUT2D eigenvalue weighted by molar-refractivity contribution is -0.133. The second-order valence-electron chi connectivity index (χ2n) is 5.90. The van der Waals surface area contributed by atoms with Gasteiger partial charge in [0.25, 0.3) is 5.91 Å². The summed E-state index contributed by atoms with van der Waals surface area (Å²) in [6, 6.07) is 10.3. The first-order chi connectivity index (χ1) is 12.9. The number of nitrogens with zero attached hydrogens (tertiary/aromatic N) is 1. The monoisotopic (exact) mass is 394 g/mol. The molecule has 0 atom stereocenters. The van der Waals surface area contributed by atoms with E-state index in [0.29, 0.717) is 11.3 Å². The highest BCUT2D eigenvalue weighted by atomic mass is 32.2. The third-order valence-electron chi connectivity index (χ3n) is 4.12. The zero-order chi connectivity index (χ0) is 19.4. The van der Waals surface area contributed by atoms with Gasteiger partial charge in [-0.3, -0.25) is 4.79 Å². The van der Waals surface area contributed by atoms with Gasteiger partial charge in [-0.1, -0.05) is 12.1 Å². The Balaban J connectivity index is 1.68.